The van der Waals surface area contributed by atoms with Gasteiger partial charge in [-0.25, -0.2) is 0 Å². The van der Waals surface area contributed by atoms with Crippen molar-refractivity contribution in [2.24, 2.45) is 0 Å². The van der Waals surface area contributed by atoms with Crippen molar-refractivity contribution in [1.29, 1.82) is 5.26 Å². The minimum atomic E-state index is -0.234. The first-order valence-electron chi connectivity index (χ1n) is 9.26. The summed E-state index contributed by atoms with van der Waals surface area (Å²) in [4.78, 5) is 20.9. The molecule has 4 rings (SSSR count). The predicted molar refractivity (Wildman–Crippen MR) is 101 cm³/mol. The largest absolute Gasteiger partial charge is 0.380 e. The maximum Gasteiger partial charge on any atom is 0.237 e. The Hall–Kier alpha value is -2.65. The molecule has 1 unspecified atom stereocenters. The zero-order valence-electron chi connectivity index (χ0n) is 14.8. The van der Waals surface area contributed by atoms with Crippen molar-refractivity contribution < 1.29 is 4.79 Å². The molecule has 0 aliphatic carbocycles. The Morgan fingerprint density at radius 2 is 2.19 bits per heavy atom. The first-order valence-corrected chi connectivity index (χ1v) is 9.26. The van der Waals surface area contributed by atoms with Crippen molar-refractivity contribution in [3.8, 4) is 6.07 Å². The van der Waals surface area contributed by atoms with Crippen LogP contribution in [0.2, 0.25) is 0 Å². The van der Waals surface area contributed by atoms with E-state index >= 15 is 0 Å². The van der Waals surface area contributed by atoms with Crippen molar-refractivity contribution in [2.75, 3.05) is 31.5 Å². The van der Waals surface area contributed by atoms with Crippen molar-refractivity contribution in [2.45, 2.75) is 31.3 Å². The number of nitrogens with one attached hydrogen (secondary N) is 1. The van der Waals surface area contributed by atoms with E-state index < -0.39 is 0 Å². The highest BCUT2D eigenvalue weighted by atomic mass is 16.2. The maximum absolute atomic E-state index is 12.5. The van der Waals surface area contributed by atoms with Crippen LogP contribution in [0, 0.1) is 11.3 Å². The zero-order valence-corrected chi connectivity index (χ0v) is 14.8. The molecule has 2 saturated heterocycles. The van der Waals surface area contributed by atoms with E-state index in [1.165, 1.54) is 0 Å². The molecule has 0 saturated carbocycles. The van der Waals surface area contributed by atoms with Gasteiger partial charge in [-0.1, -0.05) is 6.07 Å². The van der Waals surface area contributed by atoms with Crippen LogP contribution in [-0.2, 0) is 4.79 Å². The Bertz CT molecular complexity index is 840. The monoisotopic (exact) mass is 349 g/mol. The molecule has 1 amide bonds. The average Bonchev–Trinajstić information content (AvgIpc) is 3.31. The molecule has 0 radical (unpaired) electrons. The van der Waals surface area contributed by atoms with Crippen LogP contribution in [-0.4, -0.2) is 59.0 Å². The number of hydrogen-bond acceptors (Lipinski definition) is 5. The molecule has 0 spiro atoms. The number of amides is 1. The minimum Gasteiger partial charge on any atom is -0.380 e. The van der Waals surface area contributed by atoms with Crippen molar-refractivity contribution in [3.05, 3.63) is 36.5 Å². The smallest absolute Gasteiger partial charge is 0.237 e. The average molecular weight is 349 g/mol. The van der Waals surface area contributed by atoms with E-state index in [1.54, 1.807) is 4.90 Å². The van der Waals surface area contributed by atoms with Gasteiger partial charge in [0.25, 0.3) is 0 Å². The van der Waals surface area contributed by atoms with Gasteiger partial charge in [0, 0.05) is 42.9 Å². The first-order chi connectivity index (χ1) is 12.7. The number of nitrogens with zero attached hydrogens (tertiary/aromatic N) is 4. The van der Waals surface area contributed by atoms with Crippen LogP contribution >= 0.6 is 0 Å². The van der Waals surface area contributed by atoms with Gasteiger partial charge in [-0.3, -0.25) is 14.7 Å². The van der Waals surface area contributed by atoms with Crippen LogP contribution in [0.15, 0.2) is 36.5 Å². The fraction of sp³-hybridized carbons (Fsp3) is 0.450. The summed E-state index contributed by atoms with van der Waals surface area (Å²) in [6.07, 6.45) is 4.55. The number of benzene rings is 1. The third kappa shape index (κ3) is 3.35. The lowest BCUT2D eigenvalue weighted by Gasteiger charge is -2.23. The number of nitriles is 1. The molecule has 2 fully saturated rings. The van der Waals surface area contributed by atoms with Crippen molar-refractivity contribution >= 4 is 22.5 Å². The molecular formula is C20H23N5O. The van der Waals surface area contributed by atoms with E-state index in [0.29, 0.717) is 12.6 Å². The molecule has 134 valence electrons. The number of carbonyl (C=O) groups excluding carboxylic acids is 1. The summed E-state index contributed by atoms with van der Waals surface area (Å²) in [5, 5.41) is 13.9. The minimum absolute atomic E-state index is 0.0871. The molecule has 2 atom stereocenters. The molecular weight excluding hydrogens is 326 g/mol. The van der Waals surface area contributed by atoms with Gasteiger partial charge in [0.15, 0.2) is 0 Å². The fourth-order valence-electron chi connectivity index (χ4n) is 4.02. The normalized spacial score (nSPS) is 23.3. The van der Waals surface area contributed by atoms with E-state index in [1.807, 2.05) is 24.4 Å². The summed E-state index contributed by atoms with van der Waals surface area (Å²) >= 11 is 0. The molecule has 1 aromatic carbocycles. The summed E-state index contributed by atoms with van der Waals surface area (Å²) < 4.78 is 0. The molecule has 3 heterocycles. The highest BCUT2D eigenvalue weighted by Crippen LogP contribution is 2.24. The number of carbonyl (C=O) groups is 1. The molecule has 0 bridgehead atoms. The van der Waals surface area contributed by atoms with Crippen molar-refractivity contribution in [3.63, 3.8) is 0 Å². The van der Waals surface area contributed by atoms with Crippen LogP contribution in [0.3, 0.4) is 0 Å². The lowest BCUT2D eigenvalue weighted by atomic mass is 10.1. The van der Waals surface area contributed by atoms with Gasteiger partial charge in [-0.2, -0.15) is 5.26 Å². The third-order valence-electron chi connectivity index (χ3n) is 5.36. The van der Waals surface area contributed by atoms with Crippen LogP contribution in [0.4, 0.5) is 5.69 Å². The first kappa shape index (κ1) is 16.8. The van der Waals surface area contributed by atoms with E-state index in [9.17, 15) is 4.79 Å². The van der Waals surface area contributed by atoms with Crippen molar-refractivity contribution in [1.82, 2.24) is 14.8 Å². The Labute approximate surface area is 153 Å². The Balaban J connectivity index is 1.37. The molecule has 2 aliphatic rings. The number of aromatic nitrogens is 1. The number of hydrogen-bond donors (Lipinski definition) is 1. The topological polar surface area (TPSA) is 72.3 Å². The highest BCUT2D eigenvalue weighted by Gasteiger charge is 2.31. The van der Waals surface area contributed by atoms with Crippen LogP contribution in [0.1, 0.15) is 19.3 Å². The molecule has 6 nitrogen and oxygen atoms in total. The van der Waals surface area contributed by atoms with E-state index in [4.69, 9.17) is 5.26 Å². The highest BCUT2D eigenvalue weighted by molar-refractivity contribution is 5.91. The number of rotatable bonds is 4. The lowest BCUT2D eigenvalue weighted by Crippen LogP contribution is -2.42. The second-order valence-electron chi connectivity index (χ2n) is 7.11. The number of anilines is 1. The summed E-state index contributed by atoms with van der Waals surface area (Å²) in [7, 11) is 0. The summed E-state index contributed by atoms with van der Waals surface area (Å²) in [5.41, 5.74) is 2.08. The lowest BCUT2D eigenvalue weighted by molar-refractivity contribution is -0.132. The van der Waals surface area contributed by atoms with Gasteiger partial charge in [0.2, 0.25) is 5.91 Å². The van der Waals surface area contributed by atoms with E-state index in [0.717, 1.165) is 55.5 Å². The van der Waals surface area contributed by atoms with Gasteiger partial charge < -0.3 is 10.2 Å². The van der Waals surface area contributed by atoms with Gasteiger partial charge in [0.05, 0.1) is 18.1 Å². The molecule has 2 aromatic rings. The van der Waals surface area contributed by atoms with E-state index in [-0.39, 0.29) is 11.9 Å². The Morgan fingerprint density at radius 3 is 3.08 bits per heavy atom. The van der Waals surface area contributed by atoms with Gasteiger partial charge >= 0.3 is 0 Å². The predicted octanol–water partition coefficient (Wildman–Crippen LogP) is 2.24. The third-order valence-corrected chi connectivity index (χ3v) is 5.36. The molecule has 1 aromatic heterocycles. The summed E-state index contributed by atoms with van der Waals surface area (Å²) in [6, 6.07) is 12.5. The number of pyridine rings is 1. The van der Waals surface area contributed by atoms with Gasteiger partial charge in [-0.05, 0) is 43.5 Å². The van der Waals surface area contributed by atoms with Gasteiger partial charge in [0.1, 0.15) is 6.04 Å². The second kappa shape index (κ2) is 7.30. The molecule has 6 heteroatoms. The van der Waals surface area contributed by atoms with Crippen LogP contribution in [0.5, 0.6) is 0 Å². The summed E-state index contributed by atoms with van der Waals surface area (Å²) in [5.74, 6) is 0.0871. The quantitative estimate of drug-likeness (QED) is 0.916. The Kier molecular flexibility index (Phi) is 4.72. The maximum atomic E-state index is 12.5. The molecule has 2 aliphatic heterocycles. The fourth-order valence-corrected chi connectivity index (χ4v) is 4.02. The summed E-state index contributed by atoms with van der Waals surface area (Å²) in [6.45, 7) is 2.87. The Morgan fingerprint density at radius 1 is 1.27 bits per heavy atom. The second-order valence-corrected chi connectivity index (χ2v) is 7.11. The molecule has 1 N–H and O–H groups in total. The number of likely N-dealkylation sites (tertiary alicyclic amines) is 2. The SMILES string of the molecule is N#CC1CCCN1C(=O)CN1CC[C@@H](Nc2cccc3ncccc23)C1. The van der Waals surface area contributed by atoms with E-state index in [2.05, 4.69) is 33.4 Å². The van der Waals surface area contributed by atoms with Gasteiger partial charge in [-0.15, -0.1) is 0 Å². The standard InChI is InChI=1S/C20H23N5O/c21-12-16-4-3-10-25(16)20(26)14-24-11-8-15(13-24)23-19-7-1-6-18-17(19)5-2-9-22-18/h1-2,5-7,9,15-16,23H,3-4,8,10-11,13-14H2/t15-,16?/m1/s1. The van der Waals surface area contributed by atoms with Crippen LogP contribution in [0.25, 0.3) is 10.9 Å². The van der Waals surface area contributed by atoms with Crippen LogP contribution < -0.4 is 5.32 Å². The number of fused-ring (bicyclic) bond motifs is 1. The molecule has 26 heavy (non-hydrogen) atoms. The zero-order chi connectivity index (χ0) is 17.9.